The molecule has 170 valence electrons. The second-order valence-electron chi connectivity index (χ2n) is 7.92. The van der Waals surface area contributed by atoms with Crippen molar-refractivity contribution in [2.45, 2.75) is 26.7 Å². The van der Waals surface area contributed by atoms with Gasteiger partial charge in [0.1, 0.15) is 0 Å². The van der Waals surface area contributed by atoms with E-state index in [2.05, 4.69) is 85.3 Å². The van der Waals surface area contributed by atoms with Crippen molar-refractivity contribution in [1.82, 2.24) is 0 Å². The van der Waals surface area contributed by atoms with E-state index in [1.807, 2.05) is 68.0 Å². The summed E-state index contributed by atoms with van der Waals surface area (Å²) in [5.41, 5.74) is 2.92. The van der Waals surface area contributed by atoms with E-state index in [4.69, 9.17) is 0 Å². The van der Waals surface area contributed by atoms with Crippen molar-refractivity contribution in [3.05, 3.63) is 82.6 Å². The lowest BCUT2D eigenvalue weighted by atomic mass is 10.1. The van der Waals surface area contributed by atoms with Crippen LogP contribution in [0.1, 0.15) is 25.0 Å². The number of hydrogen-bond acceptors (Lipinski definition) is 6. The molecule has 0 saturated heterocycles. The van der Waals surface area contributed by atoms with Crippen molar-refractivity contribution in [3.63, 3.8) is 0 Å². The van der Waals surface area contributed by atoms with E-state index in [0.717, 1.165) is 12.8 Å². The van der Waals surface area contributed by atoms with Gasteiger partial charge in [-0.3, -0.25) is 0 Å². The molecular weight excluding hydrogens is 529 g/mol. The SMILES string of the molecule is CCc1cc(-c2cccs2)sc1-c1ccc(-c2ccc(-c3sc(-c4cccs4)cc3CC)s2)s1. The lowest BCUT2D eigenvalue weighted by molar-refractivity contribution is 1.16. The van der Waals surface area contributed by atoms with Crippen LogP contribution in [0.25, 0.3) is 48.8 Å². The molecule has 6 rings (SSSR count). The van der Waals surface area contributed by atoms with Crippen molar-refractivity contribution in [2.24, 2.45) is 0 Å². The summed E-state index contributed by atoms with van der Waals surface area (Å²) in [5.74, 6) is 0. The van der Waals surface area contributed by atoms with Crippen LogP contribution in [0.3, 0.4) is 0 Å². The van der Waals surface area contributed by atoms with E-state index < -0.39 is 0 Å². The van der Waals surface area contributed by atoms with Gasteiger partial charge in [-0.25, -0.2) is 0 Å². The Morgan fingerprint density at radius 1 is 0.471 bits per heavy atom. The van der Waals surface area contributed by atoms with Gasteiger partial charge in [0.2, 0.25) is 0 Å². The molecule has 0 saturated carbocycles. The molecule has 0 aromatic carbocycles. The second-order valence-corrected chi connectivity index (χ2v) is 14.1. The Morgan fingerprint density at radius 2 is 0.912 bits per heavy atom. The Morgan fingerprint density at radius 3 is 1.29 bits per heavy atom. The van der Waals surface area contributed by atoms with Gasteiger partial charge >= 0.3 is 0 Å². The zero-order valence-corrected chi connectivity index (χ0v) is 23.7. The summed E-state index contributed by atoms with van der Waals surface area (Å²) in [7, 11) is 0. The van der Waals surface area contributed by atoms with Crippen LogP contribution in [0, 0.1) is 0 Å². The predicted octanol–water partition coefficient (Wildman–Crippen LogP) is 11.5. The highest BCUT2D eigenvalue weighted by molar-refractivity contribution is 7.30. The molecule has 0 bridgehead atoms. The molecule has 6 heterocycles. The van der Waals surface area contributed by atoms with Crippen LogP contribution >= 0.6 is 68.0 Å². The second kappa shape index (κ2) is 9.69. The molecule has 0 radical (unpaired) electrons. The molecule has 6 aromatic rings. The predicted molar refractivity (Wildman–Crippen MR) is 160 cm³/mol. The molecule has 0 aliphatic heterocycles. The summed E-state index contributed by atoms with van der Waals surface area (Å²) in [6, 6.07) is 22.8. The van der Waals surface area contributed by atoms with Gasteiger partial charge in [-0.1, -0.05) is 26.0 Å². The molecule has 0 spiro atoms. The van der Waals surface area contributed by atoms with Crippen molar-refractivity contribution >= 4 is 68.0 Å². The van der Waals surface area contributed by atoms with E-state index in [0.29, 0.717) is 0 Å². The maximum absolute atomic E-state index is 2.39. The van der Waals surface area contributed by atoms with Gasteiger partial charge in [-0.15, -0.1) is 68.0 Å². The van der Waals surface area contributed by atoms with Crippen LogP contribution in [-0.2, 0) is 12.8 Å². The number of thiophene rings is 6. The fraction of sp³-hybridized carbons (Fsp3) is 0.143. The van der Waals surface area contributed by atoms with Crippen LogP contribution in [0.4, 0.5) is 0 Å². The molecule has 34 heavy (non-hydrogen) atoms. The van der Waals surface area contributed by atoms with Crippen LogP contribution in [-0.4, -0.2) is 0 Å². The van der Waals surface area contributed by atoms with Gasteiger partial charge in [0.05, 0.1) is 0 Å². The summed E-state index contributed by atoms with van der Waals surface area (Å²) < 4.78 is 0. The highest BCUT2D eigenvalue weighted by Gasteiger charge is 2.17. The first kappa shape index (κ1) is 22.7. The summed E-state index contributed by atoms with van der Waals surface area (Å²) in [5, 5.41) is 4.33. The molecule has 0 fully saturated rings. The minimum Gasteiger partial charge on any atom is -0.143 e. The van der Waals surface area contributed by atoms with Crippen molar-refractivity contribution in [2.75, 3.05) is 0 Å². The van der Waals surface area contributed by atoms with E-state index in [1.54, 1.807) is 0 Å². The third kappa shape index (κ3) is 4.21. The molecule has 0 amide bonds. The molecule has 6 heteroatoms. The van der Waals surface area contributed by atoms with Crippen LogP contribution in [0.2, 0.25) is 0 Å². The molecule has 0 unspecified atom stereocenters. The van der Waals surface area contributed by atoms with E-state index in [9.17, 15) is 0 Å². The lowest BCUT2D eigenvalue weighted by Gasteiger charge is -1.97. The molecular formula is C28H22S6. The Kier molecular flexibility index (Phi) is 6.45. The third-order valence-electron chi connectivity index (χ3n) is 5.81. The van der Waals surface area contributed by atoms with Gasteiger partial charge < -0.3 is 0 Å². The largest absolute Gasteiger partial charge is 0.143 e. The molecule has 0 atom stereocenters. The zero-order valence-electron chi connectivity index (χ0n) is 18.8. The van der Waals surface area contributed by atoms with Gasteiger partial charge in [0.15, 0.2) is 0 Å². The number of hydrogen-bond donors (Lipinski definition) is 0. The van der Waals surface area contributed by atoms with Crippen molar-refractivity contribution in [3.8, 4) is 48.8 Å². The molecule has 0 aliphatic rings. The molecule has 0 nitrogen and oxygen atoms in total. The van der Waals surface area contributed by atoms with Crippen LogP contribution < -0.4 is 0 Å². The average molecular weight is 551 g/mol. The highest BCUT2D eigenvalue weighted by Crippen LogP contribution is 2.47. The number of aryl methyl sites for hydroxylation is 2. The van der Waals surface area contributed by atoms with Gasteiger partial charge in [0.25, 0.3) is 0 Å². The first-order chi connectivity index (χ1) is 16.7. The monoisotopic (exact) mass is 550 g/mol. The minimum atomic E-state index is 1.07. The molecule has 0 aliphatic carbocycles. The van der Waals surface area contributed by atoms with E-state index in [-0.39, 0.29) is 0 Å². The van der Waals surface area contributed by atoms with Crippen LogP contribution in [0.15, 0.2) is 71.4 Å². The molecule has 6 aromatic heterocycles. The minimum absolute atomic E-state index is 1.07. The average Bonchev–Trinajstić information content (AvgIpc) is 3.69. The summed E-state index contributed by atoms with van der Waals surface area (Å²) in [6.07, 6.45) is 2.14. The lowest BCUT2D eigenvalue weighted by Crippen LogP contribution is -1.76. The fourth-order valence-electron chi connectivity index (χ4n) is 4.06. The highest BCUT2D eigenvalue weighted by atomic mass is 32.1. The van der Waals surface area contributed by atoms with E-state index in [1.165, 1.54) is 59.9 Å². The van der Waals surface area contributed by atoms with Gasteiger partial charge in [-0.2, -0.15) is 0 Å². The first-order valence-electron chi connectivity index (χ1n) is 11.3. The summed E-state index contributed by atoms with van der Waals surface area (Å²) in [4.78, 5) is 13.9. The van der Waals surface area contributed by atoms with E-state index >= 15 is 0 Å². The smallest absolute Gasteiger partial charge is 0.0481 e. The third-order valence-corrected chi connectivity index (χ3v) is 13.0. The van der Waals surface area contributed by atoms with Crippen molar-refractivity contribution < 1.29 is 0 Å². The summed E-state index contributed by atoms with van der Waals surface area (Å²) >= 11 is 11.4. The summed E-state index contributed by atoms with van der Waals surface area (Å²) in [6.45, 7) is 4.53. The first-order valence-corrected chi connectivity index (χ1v) is 16.3. The quantitative estimate of drug-likeness (QED) is 0.185. The van der Waals surface area contributed by atoms with Crippen LogP contribution in [0.5, 0.6) is 0 Å². The Balaban J connectivity index is 1.32. The van der Waals surface area contributed by atoms with Gasteiger partial charge in [0, 0.05) is 48.8 Å². The standard InChI is InChI=1S/C28H22S6/c1-3-17-15-25(19-7-5-13-29-19)33-27(17)23-11-9-21(31-23)22-10-12-24(32-22)28-18(4-2)16-26(34-28)20-8-6-14-30-20/h5-16H,3-4H2,1-2H3. The Bertz CT molecular complexity index is 1400. The Hall–Kier alpha value is -1.80. The number of rotatable bonds is 7. The topological polar surface area (TPSA) is 0 Å². The maximum atomic E-state index is 2.39. The zero-order chi connectivity index (χ0) is 23.1. The maximum Gasteiger partial charge on any atom is 0.0481 e. The Labute approximate surface area is 224 Å². The van der Waals surface area contributed by atoms with Gasteiger partial charge in [-0.05, 0) is 83.3 Å². The van der Waals surface area contributed by atoms with Crippen molar-refractivity contribution in [1.29, 1.82) is 0 Å². The fourth-order valence-corrected chi connectivity index (χ4v) is 10.6. The normalized spacial score (nSPS) is 11.5. The molecule has 0 N–H and O–H groups in total.